The molecular formula is C37H39FN2O5. The van der Waals surface area contributed by atoms with Gasteiger partial charge in [-0.2, -0.15) is 0 Å². The van der Waals surface area contributed by atoms with Crippen LogP contribution in [0, 0.1) is 5.82 Å². The van der Waals surface area contributed by atoms with E-state index in [4.69, 9.17) is 4.74 Å². The Labute approximate surface area is 263 Å². The molecule has 0 fully saturated rings. The summed E-state index contributed by atoms with van der Waals surface area (Å²) in [5.74, 6) is -2.39. The highest BCUT2D eigenvalue weighted by Gasteiger charge is 2.31. The third-order valence-electron chi connectivity index (χ3n) is 7.06. The van der Waals surface area contributed by atoms with Crippen LogP contribution in [0.25, 0.3) is 22.4 Å². The van der Waals surface area contributed by atoms with Gasteiger partial charge >= 0.3 is 5.97 Å². The zero-order valence-electron chi connectivity index (χ0n) is 26.4. The SMILES string of the molecule is CC(C)c1c(C(=O)Nc2ccccc2)c(-c2ccccc2)c(-c2ccc(F)cc2)n1CCC(=O)CC(=O)CC(=O)OC(C)(C)C. The average molecular weight is 611 g/mol. The fourth-order valence-electron chi connectivity index (χ4n) is 5.35. The van der Waals surface area contributed by atoms with Crippen LogP contribution < -0.4 is 5.32 Å². The minimum Gasteiger partial charge on any atom is -0.460 e. The number of hydrogen-bond acceptors (Lipinski definition) is 5. The molecule has 4 rings (SSSR count). The van der Waals surface area contributed by atoms with Crippen molar-refractivity contribution in [3.8, 4) is 22.4 Å². The predicted molar refractivity (Wildman–Crippen MR) is 173 cm³/mol. The summed E-state index contributed by atoms with van der Waals surface area (Å²) in [5.41, 5.74) is 3.83. The summed E-state index contributed by atoms with van der Waals surface area (Å²) in [6, 6.07) is 24.7. The molecule has 0 radical (unpaired) electrons. The number of hydrogen-bond donors (Lipinski definition) is 1. The smallest absolute Gasteiger partial charge is 0.313 e. The number of rotatable bonds is 12. The molecule has 45 heavy (non-hydrogen) atoms. The van der Waals surface area contributed by atoms with Gasteiger partial charge in [0.05, 0.1) is 17.7 Å². The van der Waals surface area contributed by atoms with Gasteiger partial charge in [0.15, 0.2) is 5.78 Å². The molecule has 0 aliphatic rings. The lowest BCUT2D eigenvalue weighted by Gasteiger charge is -2.19. The Morgan fingerprint density at radius 3 is 1.98 bits per heavy atom. The quantitative estimate of drug-likeness (QED) is 0.130. The van der Waals surface area contributed by atoms with Crippen LogP contribution in [0.3, 0.4) is 0 Å². The van der Waals surface area contributed by atoms with Gasteiger partial charge in [-0.1, -0.05) is 62.4 Å². The average Bonchev–Trinajstić information content (AvgIpc) is 3.32. The molecule has 8 heteroatoms. The Balaban J connectivity index is 1.79. The number of para-hydroxylation sites is 1. The Bertz CT molecular complexity index is 1670. The number of carbonyl (C=O) groups excluding carboxylic acids is 4. The fraction of sp³-hybridized carbons (Fsp3) is 0.297. The number of nitrogens with one attached hydrogen (secondary N) is 1. The first-order valence-electron chi connectivity index (χ1n) is 15.0. The third-order valence-corrected chi connectivity index (χ3v) is 7.06. The summed E-state index contributed by atoms with van der Waals surface area (Å²) < 4.78 is 21.2. The zero-order valence-corrected chi connectivity index (χ0v) is 26.4. The number of ketones is 2. The lowest BCUT2D eigenvalue weighted by atomic mass is 9.94. The molecule has 0 unspecified atom stereocenters. The molecule has 234 valence electrons. The van der Waals surface area contributed by atoms with Gasteiger partial charge in [0.1, 0.15) is 23.6 Å². The van der Waals surface area contributed by atoms with Gasteiger partial charge in [-0.05, 0) is 74.2 Å². The summed E-state index contributed by atoms with van der Waals surface area (Å²) in [5, 5.41) is 3.02. The normalized spacial score (nSPS) is 11.4. The van der Waals surface area contributed by atoms with Crippen molar-refractivity contribution < 1.29 is 28.3 Å². The van der Waals surface area contributed by atoms with Gasteiger partial charge in [-0.3, -0.25) is 19.2 Å². The van der Waals surface area contributed by atoms with E-state index in [-0.39, 0.29) is 30.6 Å². The number of amides is 1. The molecule has 0 atom stereocenters. The molecule has 0 saturated heterocycles. The molecule has 1 N–H and O–H groups in total. The molecule has 1 amide bonds. The van der Waals surface area contributed by atoms with Crippen LogP contribution in [-0.2, 0) is 25.7 Å². The molecule has 3 aromatic carbocycles. The van der Waals surface area contributed by atoms with E-state index < -0.39 is 36.0 Å². The first-order valence-corrected chi connectivity index (χ1v) is 15.0. The number of anilines is 1. The summed E-state index contributed by atoms with van der Waals surface area (Å²) in [7, 11) is 0. The van der Waals surface area contributed by atoms with Crippen molar-refractivity contribution in [2.24, 2.45) is 0 Å². The number of ether oxygens (including phenoxy) is 1. The number of aromatic nitrogens is 1. The number of Topliss-reactive ketones (excluding diaryl/α,β-unsaturated/α-hetero) is 2. The lowest BCUT2D eigenvalue weighted by Crippen LogP contribution is -2.26. The van der Waals surface area contributed by atoms with Crippen LogP contribution in [0.2, 0.25) is 0 Å². The molecule has 0 aliphatic carbocycles. The molecule has 1 aromatic heterocycles. The highest BCUT2D eigenvalue weighted by molar-refractivity contribution is 6.12. The maximum atomic E-state index is 14.1. The number of nitrogens with zero attached hydrogens (tertiary/aromatic N) is 1. The first-order chi connectivity index (χ1) is 21.3. The van der Waals surface area contributed by atoms with Gasteiger partial charge in [-0.25, -0.2) is 4.39 Å². The van der Waals surface area contributed by atoms with E-state index in [1.165, 1.54) is 12.1 Å². The number of esters is 1. The second kappa shape index (κ2) is 14.3. The van der Waals surface area contributed by atoms with Crippen molar-refractivity contribution in [1.82, 2.24) is 4.57 Å². The van der Waals surface area contributed by atoms with E-state index in [0.29, 0.717) is 33.8 Å². The largest absolute Gasteiger partial charge is 0.460 e. The number of benzene rings is 3. The maximum absolute atomic E-state index is 14.1. The number of halogens is 1. The molecule has 0 saturated carbocycles. The van der Waals surface area contributed by atoms with Crippen molar-refractivity contribution in [3.63, 3.8) is 0 Å². The highest BCUT2D eigenvalue weighted by atomic mass is 19.1. The van der Waals surface area contributed by atoms with Gasteiger partial charge in [0, 0.05) is 29.9 Å². The van der Waals surface area contributed by atoms with Crippen molar-refractivity contribution in [2.45, 2.75) is 71.9 Å². The summed E-state index contributed by atoms with van der Waals surface area (Å²) in [6.45, 7) is 9.24. The lowest BCUT2D eigenvalue weighted by molar-refractivity contribution is -0.156. The van der Waals surface area contributed by atoms with E-state index >= 15 is 0 Å². The maximum Gasteiger partial charge on any atom is 0.313 e. The fourth-order valence-corrected chi connectivity index (χ4v) is 5.35. The standard InChI is InChI=1S/C37H39FN2O5/c1-24(2)34-33(36(44)39-28-14-10-7-11-15-28)32(25-12-8-6-9-13-25)35(26-16-18-27(38)19-17-26)40(34)21-20-29(41)22-30(42)23-31(43)45-37(3,4)5/h6-19,24H,20-23H2,1-5H3,(H,39,44). The molecule has 1 heterocycles. The minimum absolute atomic E-state index is 0.0172. The molecule has 0 bridgehead atoms. The van der Waals surface area contributed by atoms with E-state index in [1.54, 1.807) is 45.0 Å². The van der Waals surface area contributed by atoms with Gasteiger partial charge in [-0.15, -0.1) is 0 Å². The Kier molecular flexibility index (Phi) is 10.5. The van der Waals surface area contributed by atoms with E-state index in [1.807, 2.05) is 66.9 Å². The van der Waals surface area contributed by atoms with Gasteiger partial charge < -0.3 is 14.6 Å². The monoisotopic (exact) mass is 610 g/mol. The van der Waals surface area contributed by atoms with Crippen molar-refractivity contribution in [2.75, 3.05) is 5.32 Å². The summed E-state index contributed by atoms with van der Waals surface area (Å²) >= 11 is 0. The minimum atomic E-state index is -0.735. The molecule has 7 nitrogen and oxygen atoms in total. The molecular weight excluding hydrogens is 571 g/mol. The van der Waals surface area contributed by atoms with Crippen molar-refractivity contribution in [3.05, 3.63) is 102 Å². The molecule has 0 aliphatic heterocycles. The summed E-state index contributed by atoms with van der Waals surface area (Å²) in [4.78, 5) is 51.9. The van der Waals surface area contributed by atoms with E-state index in [0.717, 1.165) is 5.56 Å². The van der Waals surface area contributed by atoms with Crippen LogP contribution in [0.5, 0.6) is 0 Å². The van der Waals surface area contributed by atoms with Crippen LogP contribution in [0.15, 0.2) is 84.9 Å². The summed E-state index contributed by atoms with van der Waals surface area (Å²) in [6.07, 6.45) is -0.903. The predicted octanol–water partition coefficient (Wildman–Crippen LogP) is 7.99. The number of carbonyl (C=O) groups is 4. The molecule has 4 aromatic rings. The first kappa shape index (κ1) is 33.1. The second-order valence-corrected chi connectivity index (χ2v) is 12.3. The molecule has 0 spiro atoms. The van der Waals surface area contributed by atoms with Crippen LogP contribution in [0.4, 0.5) is 10.1 Å². The van der Waals surface area contributed by atoms with Crippen molar-refractivity contribution in [1.29, 1.82) is 0 Å². The Hall–Kier alpha value is -4.85. The topological polar surface area (TPSA) is 94.5 Å². The van der Waals surface area contributed by atoms with E-state index in [9.17, 15) is 23.6 Å². The van der Waals surface area contributed by atoms with Gasteiger partial charge in [0.25, 0.3) is 5.91 Å². The van der Waals surface area contributed by atoms with Crippen LogP contribution in [-0.4, -0.2) is 33.6 Å². The third kappa shape index (κ3) is 8.62. The van der Waals surface area contributed by atoms with Crippen LogP contribution >= 0.6 is 0 Å². The zero-order chi connectivity index (χ0) is 32.7. The van der Waals surface area contributed by atoms with Crippen LogP contribution in [0.1, 0.15) is 75.9 Å². The highest BCUT2D eigenvalue weighted by Crippen LogP contribution is 2.42. The van der Waals surface area contributed by atoms with Gasteiger partial charge in [0.2, 0.25) is 0 Å². The van der Waals surface area contributed by atoms with E-state index in [2.05, 4.69) is 5.32 Å². The Morgan fingerprint density at radius 1 is 0.800 bits per heavy atom. The second-order valence-electron chi connectivity index (χ2n) is 12.3. The Morgan fingerprint density at radius 2 is 1.40 bits per heavy atom. The van der Waals surface area contributed by atoms with Crippen molar-refractivity contribution >= 4 is 29.1 Å².